The molecular weight excluding hydrogens is 308 g/mol. The van der Waals surface area contributed by atoms with E-state index in [1.54, 1.807) is 18.3 Å². The van der Waals surface area contributed by atoms with E-state index in [2.05, 4.69) is 16.4 Å². The van der Waals surface area contributed by atoms with E-state index in [0.717, 1.165) is 15.2 Å². The Morgan fingerprint density at radius 2 is 2.17 bits per heavy atom. The summed E-state index contributed by atoms with van der Waals surface area (Å²) in [5.41, 5.74) is 0.149. The topological polar surface area (TPSA) is 69.0 Å². The van der Waals surface area contributed by atoms with E-state index in [0.29, 0.717) is 6.54 Å². The second kappa shape index (κ2) is 7.07. The maximum atomic E-state index is 12.2. The Hall–Kier alpha value is -1.97. The Balaban J connectivity index is 1.95. The van der Waals surface area contributed by atoms with Crippen molar-refractivity contribution in [3.05, 3.63) is 29.3 Å². The fourth-order valence-electron chi connectivity index (χ4n) is 2.15. The van der Waals surface area contributed by atoms with Gasteiger partial charge in [-0.05, 0) is 32.0 Å². The number of nitrogens with one attached hydrogen (secondary N) is 1. The normalized spacial score (nSPS) is 14.0. The third-order valence-corrected chi connectivity index (χ3v) is 4.96. The summed E-state index contributed by atoms with van der Waals surface area (Å²) in [7, 11) is 1.88. The van der Waals surface area contributed by atoms with Gasteiger partial charge in [-0.1, -0.05) is 26.0 Å². The lowest BCUT2D eigenvalue weighted by atomic mass is 9.90. The van der Waals surface area contributed by atoms with E-state index in [-0.39, 0.29) is 18.4 Å². The fourth-order valence-corrected chi connectivity index (χ4v) is 3.20. The molecule has 1 aromatic heterocycles. The van der Waals surface area contributed by atoms with Crippen LogP contribution in [0.4, 0.5) is 0 Å². The fraction of sp³-hybridized carbons (Fsp3) is 0.471. The van der Waals surface area contributed by atoms with Crippen molar-refractivity contribution in [2.24, 2.45) is 5.92 Å². The minimum Gasteiger partial charge on any atom is -0.337 e. The van der Waals surface area contributed by atoms with Gasteiger partial charge >= 0.3 is 0 Å². The molecule has 2 aromatic rings. The van der Waals surface area contributed by atoms with E-state index in [9.17, 15) is 10.1 Å². The Kier molecular flexibility index (Phi) is 5.34. The van der Waals surface area contributed by atoms with Crippen LogP contribution in [0.2, 0.25) is 0 Å². The first kappa shape index (κ1) is 17.4. The predicted octanol–water partition coefficient (Wildman–Crippen LogP) is 2.78. The van der Waals surface area contributed by atoms with Gasteiger partial charge in [0.25, 0.3) is 0 Å². The molecule has 0 radical (unpaired) electrons. The molecule has 0 aliphatic heterocycles. The molecule has 1 heterocycles. The number of thiazole rings is 1. The van der Waals surface area contributed by atoms with Gasteiger partial charge in [-0.2, -0.15) is 5.26 Å². The zero-order valence-electron chi connectivity index (χ0n) is 14.0. The molecule has 5 nitrogen and oxygen atoms in total. The molecule has 0 aliphatic rings. The van der Waals surface area contributed by atoms with Crippen LogP contribution in [0.5, 0.6) is 0 Å². The Morgan fingerprint density at radius 3 is 2.78 bits per heavy atom. The lowest BCUT2D eigenvalue weighted by Crippen LogP contribution is -2.51. The molecule has 0 spiro atoms. The molecule has 1 aromatic carbocycles. The number of hydrogen-bond donors (Lipinski definition) is 1. The number of nitrogens with zero attached hydrogens (tertiary/aromatic N) is 3. The van der Waals surface area contributed by atoms with Crippen LogP contribution < -0.4 is 5.32 Å². The van der Waals surface area contributed by atoms with Gasteiger partial charge in [0, 0.05) is 0 Å². The summed E-state index contributed by atoms with van der Waals surface area (Å²) in [6.45, 7) is 6.45. The van der Waals surface area contributed by atoms with Crippen LogP contribution in [-0.2, 0) is 11.3 Å². The third-order valence-electron chi connectivity index (χ3n) is 3.94. The number of nitriles is 1. The number of amides is 1. The molecule has 0 unspecified atom stereocenters. The molecule has 1 amide bonds. The number of fused-ring (bicyclic) bond motifs is 1. The second-order valence-electron chi connectivity index (χ2n) is 6.26. The number of carbonyl (C=O) groups excluding carboxylic acids is 1. The van der Waals surface area contributed by atoms with Crippen molar-refractivity contribution in [2.75, 3.05) is 13.6 Å². The molecule has 122 valence electrons. The van der Waals surface area contributed by atoms with Crippen molar-refractivity contribution >= 4 is 27.5 Å². The van der Waals surface area contributed by atoms with E-state index in [1.807, 2.05) is 50.1 Å². The highest BCUT2D eigenvalue weighted by molar-refractivity contribution is 7.18. The minimum atomic E-state index is -0.839. The van der Waals surface area contributed by atoms with E-state index < -0.39 is 5.54 Å². The van der Waals surface area contributed by atoms with Crippen LogP contribution in [0.1, 0.15) is 25.8 Å². The average molecular weight is 330 g/mol. The van der Waals surface area contributed by atoms with Gasteiger partial charge in [-0.15, -0.1) is 11.3 Å². The standard InChI is InChI=1S/C17H22N4OS/c1-12(2)17(3,11-18)20-15(22)9-21(4)10-16-19-13-7-5-6-8-14(13)23-16/h5-8,12H,9-10H2,1-4H3,(H,20,22)/t17-/m1/s1. The smallest absolute Gasteiger partial charge is 0.235 e. The number of benzene rings is 1. The zero-order chi connectivity index (χ0) is 17.0. The number of aromatic nitrogens is 1. The first-order valence-electron chi connectivity index (χ1n) is 7.59. The summed E-state index contributed by atoms with van der Waals surface area (Å²) in [6.07, 6.45) is 0. The molecule has 6 heteroatoms. The lowest BCUT2D eigenvalue weighted by Gasteiger charge is -2.28. The van der Waals surface area contributed by atoms with Crippen molar-refractivity contribution in [1.82, 2.24) is 15.2 Å². The SMILES string of the molecule is CC(C)[C@@](C)(C#N)NC(=O)CN(C)Cc1nc2ccccc2s1. The van der Waals surface area contributed by atoms with Crippen molar-refractivity contribution in [3.8, 4) is 6.07 Å². The maximum absolute atomic E-state index is 12.2. The highest BCUT2D eigenvalue weighted by atomic mass is 32.1. The molecule has 0 saturated heterocycles. The quantitative estimate of drug-likeness (QED) is 0.884. The van der Waals surface area contributed by atoms with Crippen LogP contribution in [0.25, 0.3) is 10.2 Å². The van der Waals surface area contributed by atoms with Gasteiger partial charge in [0.2, 0.25) is 5.91 Å². The van der Waals surface area contributed by atoms with Crippen molar-refractivity contribution < 1.29 is 4.79 Å². The molecule has 0 fully saturated rings. The molecule has 0 saturated carbocycles. The van der Waals surface area contributed by atoms with Crippen molar-refractivity contribution in [3.63, 3.8) is 0 Å². The summed E-state index contributed by atoms with van der Waals surface area (Å²) >= 11 is 1.64. The maximum Gasteiger partial charge on any atom is 0.235 e. The van der Waals surface area contributed by atoms with Gasteiger partial charge in [0.15, 0.2) is 0 Å². The third kappa shape index (κ3) is 4.27. The van der Waals surface area contributed by atoms with Crippen LogP contribution in [0.15, 0.2) is 24.3 Å². The van der Waals surface area contributed by atoms with Gasteiger partial charge in [0.1, 0.15) is 10.5 Å². The molecule has 1 atom stereocenters. The number of carbonyl (C=O) groups is 1. The molecule has 1 N–H and O–H groups in total. The summed E-state index contributed by atoms with van der Waals surface area (Å²) in [5.74, 6) is -0.0996. The van der Waals surface area contributed by atoms with Crippen molar-refractivity contribution in [2.45, 2.75) is 32.9 Å². The molecule has 23 heavy (non-hydrogen) atoms. The first-order chi connectivity index (χ1) is 10.8. The van der Waals surface area contributed by atoms with Gasteiger partial charge in [-0.25, -0.2) is 4.98 Å². The first-order valence-corrected chi connectivity index (χ1v) is 8.41. The van der Waals surface area contributed by atoms with Crippen LogP contribution >= 0.6 is 11.3 Å². The Labute approximate surface area is 140 Å². The van der Waals surface area contributed by atoms with Crippen LogP contribution in [0, 0.1) is 17.2 Å². The Bertz CT molecular complexity index is 701. The van der Waals surface area contributed by atoms with E-state index >= 15 is 0 Å². The summed E-state index contributed by atoms with van der Waals surface area (Å²) in [5, 5.41) is 13.1. The second-order valence-corrected chi connectivity index (χ2v) is 7.38. The number of hydrogen-bond acceptors (Lipinski definition) is 5. The summed E-state index contributed by atoms with van der Waals surface area (Å²) < 4.78 is 1.15. The van der Waals surface area contributed by atoms with Crippen molar-refractivity contribution in [1.29, 1.82) is 5.26 Å². The summed E-state index contributed by atoms with van der Waals surface area (Å²) in [4.78, 5) is 18.7. The van der Waals surface area contributed by atoms with Gasteiger partial charge in [0.05, 0.1) is 29.4 Å². The lowest BCUT2D eigenvalue weighted by molar-refractivity contribution is -0.123. The van der Waals surface area contributed by atoms with Crippen LogP contribution in [-0.4, -0.2) is 34.9 Å². The molecule has 2 rings (SSSR count). The predicted molar refractivity (Wildman–Crippen MR) is 93.0 cm³/mol. The summed E-state index contributed by atoms with van der Waals surface area (Å²) in [6, 6.07) is 10.2. The van der Waals surface area contributed by atoms with Gasteiger partial charge in [-0.3, -0.25) is 9.69 Å². The molecule has 0 bridgehead atoms. The van der Waals surface area contributed by atoms with E-state index in [4.69, 9.17) is 0 Å². The van der Waals surface area contributed by atoms with Crippen LogP contribution in [0.3, 0.4) is 0 Å². The number of likely N-dealkylation sites (N-methyl/N-ethyl adjacent to an activating group) is 1. The Morgan fingerprint density at radius 1 is 1.48 bits per heavy atom. The monoisotopic (exact) mass is 330 g/mol. The number of rotatable bonds is 6. The largest absolute Gasteiger partial charge is 0.337 e. The molecular formula is C17H22N4OS. The van der Waals surface area contributed by atoms with E-state index in [1.165, 1.54) is 0 Å². The minimum absolute atomic E-state index is 0.0472. The van der Waals surface area contributed by atoms with Gasteiger partial charge < -0.3 is 5.32 Å². The number of para-hydroxylation sites is 1. The molecule has 0 aliphatic carbocycles. The zero-order valence-corrected chi connectivity index (χ0v) is 14.8. The highest BCUT2D eigenvalue weighted by Crippen LogP contribution is 2.22. The average Bonchev–Trinajstić information content (AvgIpc) is 2.88. The highest BCUT2D eigenvalue weighted by Gasteiger charge is 2.30.